The summed E-state index contributed by atoms with van der Waals surface area (Å²) in [6.45, 7) is 7.32. The Balaban J connectivity index is 0.00000336. The number of benzene rings is 2. The fraction of sp³-hybridized carbons (Fsp3) is 0.448. The number of rotatable bonds is 6. The van der Waals surface area contributed by atoms with Crippen LogP contribution in [-0.4, -0.2) is 71.5 Å². The predicted molar refractivity (Wildman–Crippen MR) is 154 cm³/mol. The normalized spacial score (nSPS) is 20.7. The number of halogens is 3. The Labute approximate surface area is 234 Å². The molecule has 0 bridgehead atoms. The molecule has 0 amide bonds. The first kappa shape index (κ1) is 28.6. The molecule has 3 aromatic rings. The van der Waals surface area contributed by atoms with E-state index >= 15 is 0 Å². The van der Waals surface area contributed by atoms with Crippen molar-refractivity contribution in [1.29, 1.82) is 0 Å². The number of phenolic OH excluding ortho intramolecular Hbond substituents is 1. The molecule has 2 fully saturated rings. The molecule has 204 valence electrons. The highest BCUT2D eigenvalue weighted by Crippen LogP contribution is 2.37. The second-order valence-electron chi connectivity index (χ2n) is 10.6. The summed E-state index contributed by atoms with van der Waals surface area (Å²) in [4.78, 5) is 22.0. The van der Waals surface area contributed by atoms with Crippen molar-refractivity contribution in [3.05, 3.63) is 52.9 Å². The summed E-state index contributed by atoms with van der Waals surface area (Å²) >= 11 is 6.03. The molecule has 2 aliphatic rings. The molecule has 38 heavy (non-hydrogen) atoms. The van der Waals surface area contributed by atoms with Crippen molar-refractivity contribution < 1.29 is 14.3 Å². The molecule has 1 aromatic heterocycles. The standard InChI is InChI=1S/C29H34ClFN4O2.ClH/c1-18(36)24-16-32-27-8-5-20(21-14-25(30)29(37)26(31)15-21)13-23(27)28(24)33-22-6-3-19(4-7-22)17-35-11-9-34(2)10-12-35;/h5,8,13-16,19,22,37H,3-4,6-7,9-12,17H2,1-2H3,(H,32,33);1H/t19-,22-;. The van der Waals surface area contributed by atoms with Gasteiger partial charge in [0.05, 0.1) is 21.8 Å². The van der Waals surface area contributed by atoms with E-state index in [1.807, 2.05) is 18.2 Å². The molecule has 5 rings (SSSR count). The van der Waals surface area contributed by atoms with Crippen LogP contribution in [0.4, 0.5) is 10.1 Å². The number of carbonyl (C=O) groups is 1. The Bertz CT molecular complexity index is 1280. The number of nitrogens with one attached hydrogen (secondary N) is 1. The summed E-state index contributed by atoms with van der Waals surface area (Å²) in [5.41, 5.74) is 3.37. The van der Waals surface area contributed by atoms with Gasteiger partial charge in [0.1, 0.15) is 0 Å². The number of pyridine rings is 1. The zero-order valence-electron chi connectivity index (χ0n) is 21.8. The van der Waals surface area contributed by atoms with Crippen molar-refractivity contribution in [3.8, 4) is 16.9 Å². The van der Waals surface area contributed by atoms with Crippen LogP contribution >= 0.6 is 24.0 Å². The molecular weight excluding hydrogens is 526 g/mol. The van der Waals surface area contributed by atoms with E-state index < -0.39 is 11.6 Å². The highest BCUT2D eigenvalue weighted by molar-refractivity contribution is 6.32. The van der Waals surface area contributed by atoms with Gasteiger partial charge in [-0.1, -0.05) is 17.7 Å². The molecule has 9 heteroatoms. The first-order chi connectivity index (χ1) is 17.8. The van der Waals surface area contributed by atoms with E-state index in [4.69, 9.17) is 11.6 Å². The second-order valence-corrected chi connectivity index (χ2v) is 11.0. The molecule has 1 aliphatic carbocycles. The Morgan fingerprint density at radius 3 is 2.47 bits per heavy atom. The molecule has 2 aromatic carbocycles. The molecule has 0 radical (unpaired) electrons. The average molecular weight is 562 g/mol. The van der Waals surface area contributed by atoms with E-state index in [1.165, 1.54) is 31.5 Å². The maximum absolute atomic E-state index is 14.2. The number of Topliss-reactive ketones (excluding diaryl/α,β-unsaturated/α-hetero) is 1. The van der Waals surface area contributed by atoms with Crippen LogP contribution in [0.25, 0.3) is 22.0 Å². The van der Waals surface area contributed by atoms with Crippen LogP contribution in [-0.2, 0) is 0 Å². The molecular formula is C29H35Cl2FN4O2. The third-order valence-electron chi connectivity index (χ3n) is 7.90. The molecule has 0 spiro atoms. The number of carbonyl (C=O) groups excluding carboxylic acids is 1. The van der Waals surface area contributed by atoms with Gasteiger partial charge in [-0.25, -0.2) is 4.39 Å². The van der Waals surface area contributed by atoms with E-state index in [0.717, 1.165) is 61.2 Å². The minimum absolute atomic E-state index is 0. The summed E-state index contributed by atoms with van der Waals surface area (Å²) < 4.78 is 14.2. The molecule has 1 saturated heterocycles. The first-order valence-electron chi connectivity index (χ1n) is 13.1. The number of anilines is 1. The smallest absolute Gasteiger partial charge is 0.170 e. The van der Waals surface area contributed by atoms with Crippen molar-refractivity contribution in [1.82, 2.24) is 14.8 Å². The maximum Gasteiger partial charge on any atom is 0.170 e. The van der Waals surface area contributed by atoms with Gasteiger partial charge in [0.25, 0.3) is 0 Å². The molecule has 2 heterocycles. The third kappa shape index (κ3) is 6.23. The summed E-state index contributed by atoms with van der Waals surface area (Å²) in [7, 11) is 2.19. The monoisotopic (exact) mass is 560 g/mol. The minimum Gasteiger partial charge on any atom is -0.504 e. The van der Waals surface area contributed by atoms with Crippen molar-refractivity contribution in [2.75, 3.05) is 45.1 Å². The molecule has 6 nitrogen and oxygen atoms in total. The van der Waals surface area contributed by atoms with Crippen LogP contribution in [0.1, 0.15) is 43.0 Å². The summed E-state index contributed by atoms with van der Waals surface area (Å²) in [5, 5.41) is 14.2. The van der Waals surface area contributed by atoms with Crippen molar-refractivity contribution in [3.63, 3.8) is 0 Å². The molecule has 2 N–H and O–H groups in total. The van der Waals surface area contributed by atoms with Gasteiger partial charge in [0.15, 0.2) is 17.3 Å². The first-order valence-corrected chi connectivity index (χ1v) is 13.5. The number of ketones is 1. The number of aromatic hydroxyl groups is 1. The number of aromatic nitrogens is 1. The predicted octanol–water partition coefficient (Wildman–Crippen LogP) is 6.24. The lowest BCUT2D eigenvalue weighted by Gasteiger charge is -2.37. The largest absolute Gasteiger partial charge is 0.504 e. The van der Waals surface area contributed by atoms with Gasteiger partial charge >= 0.3 is 0 Å². The van der Waals surface area contributed by atoms with Gasteiger partial charge < -0.3 is 20.2 Å². The van der Waals surface area contributed by atoms with Crippen LogP contribution < -0.4 is 5.32 Å². The zero-order chi connectivity index (χ0) is 26.1. The minimum atomic E-state index is -0.773. The third-order valence-corrected chi connectivity index (χ3v) is 8.19. The quantitative estimate of drug-likeness (QED) is 0.347. The number of likely N-dealkylation sites (N-methyl/N-ethyl adjacent to an activating group) is 1. The van der Waals surface area contributed by atoms with Gasteiger partial charge in [0.2, 0.25) is 0 Å². The number of nitrogens with zero attached hydrogens (tertiary/aromatic N) is 3. The topological polar surface area (TPSA) is 68.7 Å². The van der Waals surface area contributed by atoms with E-state index in [2.05, 4.69) is 27.1 Å². The van der Waals surface area contributed by atoms with E-state index in [0.29, 0.717) is 17.0 Å². The van der Waals surface area contributed by atoms with E-state index in [1.54, 1.807) is 13.1 Å². The SMILES string of the molecule is CC(=O)c1cnc2ccc(-c3cc(F)c(O)c(Cl)c3)cc2c1N[C@H]1CC[C@H](CN2CCN(C)CC2)CC1.Cl. The summed E-state index contributed by atoms with van der Waals surface area (Å²) in [5.74, 6) is -0.671. The van der Waals surface area contributed by atoms with Gasteiger partial charge in [0, 0.05) is 50.3 Å². The van der Waals surface area contributed by atoms with Crippen LogP contribution in [0.5, 0.6) is 5.75 Å². The van der Waals surface area contributed by atoms with Crippen LogP contribution in [0.3, 0.4) is 0 Å². The Morgan fingerprint density at radius 2 is 1.82 bits per heavy atom. The van der Waals surface area contributed by atoms with Crippen LogP contribution in [0.15, 0.2) is 36.5 Å². The fourth-order valence-corrected chi connectivity index (χ4v) is 5.82. The molecule has 1 saturated carbocycles. The Morgan fingerprint density at radius 1 is 1.11 bits per heavy atom. The molecule has 0 unspecified atom stereocenters. The highest BCUT2D eigenvalue weighted by atomic mass is 35.5. The lowest BCUT2D eigenvalue weighted by Crippen LogP contribution is -2.46. The summed E-state index contributed by atoms with van der Waals surface area (Å²) in [6.07, 6.45) is 6.08. The highest BCUT2D eigenvalue weighted by Gasteiger charge is 2.26. The number of fused-ring (bicyclic) bond motifs is 1. The Hall–Kier alpha value is -2.45. The van der Waals surface area contributed by atoms with Crippen molar-refractivity contribution in [2.45, 2.75) is 38.6 Å². The second kappa shape index (κ2) is 12.2. The van der Waals surface area contributed by atoms with Gasteiger partial charge in [-0.15, -0.1) is 12.4 Å². The molecule has 0 atom stereocenters. The van der Waals surface area contributed by atoms with Crippen LogP contribution in [0.2, 0.25) is 5.02 Å². The van der Waals surface area contributed by atoms with Crippen LogP contribution in [0, 0.1) is 11.7 Å². The lowest BCUT2D eigenvalue weighted by molar-refractivity contribution is 0.101. The van der Waals surface area contributed by atoms with Crippen molar-refractivity contribution >= 4 is 46.4 Å². The Kier molecular flexibility index (Phi) is 9.14. The number of hydrogen-bond donors (Lipinski definition) is 2. The molecule has 1 aliphatic heterocycles. The van der Waals surface area contributed by atoms with Gasteiger partial charge in [-0.3, -0.25) is 9.78 Å². The van der Waals surface area contributed by atoms with Crippen molar-refractivity contribution in [2.24, 2.45) is 5.92 Å². The van der Waals surface area contributed by atoms with Gasteiger partial charge in [-0.2, -0.15) is 0 Å². The maximum atomic E-state index is 14.2. The number of hydrogen-bond acceptors (Lipinski definition) is 6. The zero-order valence-corrected chi connectivity index (χ0v) is 23.4. The average Bonchev–Trinajstić information content (AvgIpc) is 2.89. The lowest BCUT2D eigenvalue weighted by atomic mass is 9.85. The summed E-state index contributed by atoms with van der Waals surface area (Å²) in [6, 6.07) is 8.70. The van der Waals surface area contributed by atoms with E-state index in [-0.39, 0.29) is 29.3 Å². The number of piperazine rings is 1. The van der Waals surface area contributed by atoms with Gasteiger partial charge in [-0.05, 0) is 81.0 Å². The fourth-order valence-electron chi connectivity index (χ4n) is 5.62. The van der Waals surface area contributed by atoms with E-state index in [9.17, 15) is 14.3 Å². The number of phenols is 1.